The van der Waals surface area contributed by atoms with Gasteiger partial charge in [-0.3, -0.25) is 0 Å². The molecule has 0 fully saturated rings. The molecule has 0 aromatic heterocycles. The summed E-state index contributed by atoms with van der Waals surface area (Å²) < 4.78 is 6.59. The van der Waals surface area contributed by atoms with E-state index in [1.807, 2.05) is 6.07 Å². The molecule has 0 radical (unpaired) electrons. The predicted molar refractivity (Wildman–Crippen MR) is 61.0 cm³/mol. The topological polar surface area (TPSA) is 21.6 Å². The maximum Gasteiger partial charge on any atom is 0.216 e. The van der Waals surface area contributed by atoms with Crippen molar-refractivity contribution in [2.75, 3.05) is 13.2 Å². The molecule has 0 saturated carbocycles. The van der Waals surface area contributed by atoms with Crippen LogP contribution in [0, 0.1) is 13.8 Å². The Morgan fingerprint density at radius 2 is 2.07 bits per heavy atom. The molecule has 0 amide bonds. The molecule has 1 aliphatic heterocycles. The van der Waals surface area contributed by atoms with Crippen molar-refractivity contribution in [3.05, 3.63) is 33.3 Å². The lowest BCUT2D eigenvalue weighted by atomic mass is 10.0. The van der Waals surface area contributed by atoms with Crippen LogP contribution >= 0.6 is 15.9 Å². The zero-order chi connectivity index (χ0) is 10.1. The molecule has 1 aliphatic rings. The van der Waals surface area contributed by atoms with Gasteiger partial charge in [0.1, 0.15) is 6.61 Å². The van der Waals surface area contributed by atoms with E-state index in [4.69, 9.17) is 4.74 Å². The van der Waals surface area contributed by atoms with Gasteiger partial charge < -0.3 is 4.74 Å². The number of benzene rings is 1. The Hall–Kier alpha value is -0.830. The van der Waals surface area contributed by atoms with E-state index < -0.39 is 0 Å². The highest BCUT2D eigenvalue weighted by Crippen LogP contribution is 2.23. The Labute approximate surface area is 92.1 Å². The summed E-state index contributed by atoms with van der Waals surface area (Å²) in [6.07, 6.45) is 0. The van der Waals surface area contributed by atoms with E-state index in [9.17, 15) is 0 Å². The highest BCUT2D eigenvalue weighted by Gasteiger charge is 2.14. The van der Waals surface area contributed by atoms with Crippen LogP contribution in [0.4, 0.5) is 0 Å². The monoisotopic (exact) mass is 253 g/mol. The maximum absolute atomic E-state index is 5.45. The molecular formula is C11H12BrNO. The zero-order valence-corrected chi connectivity index (χ0v) is 9.89. The van der Waals surface area contributed by atoms with E-state index in [-0.39, 0.29) is 0 Å². The quantitative estimate of drug-likeness (QED) is 0.755. The largest absolute Gasteiger partial charge is 0.476 e. The first kappa shape index (κ1) is 9.71. The normalized spacial score (nSPS) is 15.2. The third-order valence-electron chi connectivity index (χ3n) is 2.54. The van der Waals surface area contributed by atoms with Gasteiger partial charge in [0.2, 0.25) is 5.90 Å². The summed E-state index contributed by atoms with van der Waals surface area (Å²) in [6, 6.07) is 4.10. The summed E-state index contributed by atoms with van der Waals surface area (Å²) in [5, 5.41) is 0. The molecule has 0 atom stereocenters. The molecular weight excluding hydrogens is 242 g/mol. The molecule has 1 aromatic rings. The summed E-state index contributed by atoms with van der Waals surface area (Å²) in [5.74, 6) is 0.790. The van der Waals surface area contributed by atoms with Crippen LogP contribution in [0.2, 0.25) is 0 Å². The summed E-state index contributed by atoms with van der Waals surface area (Å²) in [4.78, 5) is 4.32. The predicted octanol–water partition coefficient (Wildman–Crippen LogP) is 2.84. The van der Waals surface area contributed by atoms with E-state index in [1.165, 1.54) is 11.1 Å². The molecule has 2 nitrogen and oxygen atoms in total. The van der Waals surface area contributed by atoms with Gasteiger partial charge >= 0.3 is 0 Å². The fourth-order valence-corrected chi connectivity index (χ4v) is 1.95. The maximum atomic E-state index is 5.45. The number of aliphatic imine (C=N–C) groups is 1. The van der Waals surface area contributed by atoms with Crippen molar-refractivity contribution in [2.24, 2.45) is 4.99 Å². The lowest BCUT2D eigenvalue weighted by molar-refractivity contribution is 0.348. The van der Waals surface area contributed by atoms with Gasteiger partial charge in [0, 0.05) is 10.0 Å². The molecule has 3 heteroatoms. The van der Waals surface area contributed by atoms with Crippen molar-refractivity contribution in [3.63, 3.8) is 0 Å². The second-order valence-electron chi connectivity index (χ2n) is 3.38. The average Bonchev–Trinajstić information content (AvgIpc) is 2.67. The molecule has 0 saturated heterocycles. The number of nitrogens with zero attached hydrogens (tertiary/aromatic N) is 1. The van der Waals surface area contributed by atoms with Gasteiger partial charge in [-0.2, -0.15) is 0 Å². The molecule has 0 bridgehead atoms. The molecule has 0 spiro atoms. The average molecular weight is 254 g/mol. The minimum absolute atomic E-state index is 0.712. The van der Waals surface area contributed by atoms with E-state index in [0.717, 1.165) is 22.5 Å². The molecule has 74 valence electrons. The fourth-order valence-electron chi connectivity index (χ4n) is 1.52. The number of rotatable bonds is 1. The first-order valence-electron chi connectivity index (χ1n) is 4.63. The highest BCUT2D eigenvalue weighted by atomic mass is 79.9. The molecule has 0 aliphatic carbocycles. The smallest absolute Gasteiger partial charge is 0.216 e. The standard InChI is InChI=1S/C11H12BrNO/c1-7-8(2)10(12)4-3-9(7)11-13-5-6-14-11/h3-4H,5-6H2,1-2H3. The van der Waals surface area contributed by atoms with E-state index in [1.54, 1.807) is 0 Å². The van der Waals surface area contributed by atoms with Gasteiger partial charge in [-0.05, 0) is 37.1 Å². The summed E-state index contributed by atoms with van der Waals surface area (Å²) in [5.41, 5.74) is 3.60. The lowest BCUT2D eigenvalue weighted by Crippen LogP contribution is -2.04. The SMILES string of the molecule is Cc1c(Br)ccc(C2=NCCO2)c1C. The van der Waals surface area contributed by atoms with Crippen molar-refractivity contribution in [1.29, 1.82) is 0 Å². The number of halogens is 1. The van der Waals surface area contributed by atoms with Crippen molar-refractivity contribution < 1.29 is 4.74 Å². The van der Waals surface area contributed by atoms with Crippen LogP contribution in [-0.2, 0) is 4.74 Å². The van der Waals surface area contributed by atoms with Gasteiger partial charge in [0.05, 0.1) is 6.54 Å². The van der Waals surface area contributed by atoms with Crippen molar-refractivity contribution in [1.82, 2.24) is 0 Å². The van der Waals surface area contributed by atoms with Gasteiger partial charge in [0.15, 0.2) is 0 Å². The summed E-state index contributed by atoms with van der Waals surface area (Å²) in [7, 11) is 0. The second-order valence-corrected chi connectivity index (χ2v) is 4.23. The van der Waals surface area contributed by atoms with Crippen LogP contribution in [0.5, 0.6) is 0 Å². The number of hydrogen-bond acceptors (Lipinski definition) is 2. The summed E-state index contributed by atoms with van der Waals surface area (Å²) in [6.45, 7) is 5.69. The Kier molecular flexibility index (Phi) is 2.59. The third kappa shape index (κ3) is 1.57. The van der Waals surface area contributed by atoms with E-state index in [2.05, 4.69) is 40.8 Å². The van der Waals surface area contributed by atoms with Crippen LogP contribution in [0.25, 0.3) is 0 Å². The highest BCUT2D eigenvalue weighted by molar-refractivity contribution is 9.10. The fraction of sp³-hybridized carbons (Fsp3) is 0.364. The molecule has 14 heavy (non-hydrogen) atoms. The van der Waals surface area contributed by atoms with Crippen LogP contribution in [0.15, 0.2) is 21.6 Å². The van der Waals surface area contributed by atoms with Crippen molar-refractivity contribution in [3.8, 4) is 0 Å². The zero-order valence-electron chi connectivity index (χ0n) is 8.30. The molecule has 0 N–H and O–H groups in total. The van der Waals surface area contributed by atoms with Gasteiger partial charge in [-0.25, -0.2) is 4.99 Å². The van der Waals surface area contributed by atoms with Gasteiger partial charge in [0.25, 0.3) is 0 Å². The van der Waals surface area contributed by atoms with Gasteiger partial charge in [-0.1, -0.05) is 15.9 Å². The number of ether oxygens (including phenoxy) is 1. The number of hydrogen-bond donors (Lipinski definition) is 0. The Balaban J connectivity index is 2.49. The molecule has 1 aromatic carbocycles. The van der Waals surface area contributed by atoms with E-state index in [0.29, 0.717) is 6.61 Å². The first-order valence-corrected chi connectivity index (χ1v) is 5.43. The van der Waals surface area contributed by atoms with Crippen LogP contribution < -0.4 is 0 Å². The van der Waals surface area contributed by atoms with E-state index >= 15 is 0 Å². The Morgan fingerprint density at radius 3 is 2.71 bits per heavy atom. The molecule has 1 heterocycles. The third-order valence-corrected chi connectivity index (χ3v) is 3.40. The Morgan fingerprint density at radius 1 is 1.29 bits per heavy atom. The second kappa shape index (κ2) is 3.73. The van der Waals surface area contributed by atoms with Gasteiger partial charge in [-0.15, -0.1) is 0 Å². The lowest BCUT2D eigenvalue weighted by Gasteiger charge is -2.09. The van der Waals surface area contributed by atoms with Crippen molar-refractivity contribution in [2.45, 2.75) is 13.8 Å². The van der Waals surface area contributed by atoms with Crippen molar-refractivity contribution >= 4 is 21.8 Å². The Bertz CT molecular complexity index is 399. The molecule has 0 unspecified atom stereocenters. The first-order chi connectivity index (χ1) is 6.70. The van der Waals surface area contributed by atoms with Crippen LogP contribution in [-0.4, -0.2) is 19.0 Å². The minimum Gasteiger partial charge on any atom is -0.476 e. The minimum atomic E-state index is 0.712. The molecule has 2 rings (SSSR count). The summed E-state index contributed by atoms with van der Waals surface area (Å²) >= 11 is 3.51. The van der Waals surface area contributed by atoms with Crippen LogP contribution in [0.1, 0.15) is 16.7 Å². The van der Waals surface area contributed by atoms with Crippen LogP contribution in [0.3, 0.4) is 0 Å².